The second kappa shape index (κ2) is 10.5. The Kier molecular flexibility index (Phi) is 7.47. The number of methoxy groups -OCH3 is 1. The minimum atomic E-state index is -3.78. The van der Waals surface area contributed by atoms with E-state index in [1.54, 1.807) is 23.5 Å². The van der Waals surface area contributed by atoms with Crippen molar-refractivity contribution in [2.24, 2.45) is 0 Å². The van der Waals surface area contributed by atoms with Crippen LogP contribution in [0.25, 0.3) is 0 Å². The average Bonchev–Trinajstić information content (AvgIpc) is 3.23. The summed E-state index contributed by atoms with van der Waals surface area (Å²) in [6, 6.07) is 17.9. The predicted octanol–water partition coefficient (Wildman–Crippen LogP) is 4.84. The van der Waals surface area contributed by atoms with Crippen LogP contribution < -0.4 is 10.1 Å². The summed E-state index contributed by atoms with van der Waals surface area (Å²) in [5.41, 5.74) is 1.24. The summed E-state index contributed by atoms with van der Waals surface area (Å²) in [4.78, 5) is 14.3. The predicted molar refractivity (Wildman–Crippen MR) is 130 cm³/mol. The Bertz CT molecular complexity index is 1170. The van der Waals surface area contributed by atoms with Crippen LogP contribution in [0.4, 0.5) is 0 Å². The summed E-state index contributed by atoms with van der Waals surface area (Å²) >= 11 is 1.56. The second-order valence-electron chi connectivity index (χ2n) is 8.02. The number of carbonyl (C=O) groups is 1. The van der Waals surface area contributed by atoms with Gasteiger partial charge in [0, 0.05) is 23.5 Å². The summed E-state index contributed by atoms with van der Waals surface area (Å²) in [6.07, 6.45) is 3.72. The molecule has 0 bridgehead atoms. The molecule has 2 heterocycles. The van der Waals surface area contributed by atoms with E-state index < -0.39 is 10.0 Å². The van der Waals surface area contributed by atoms with Gasteiger partial charge in [0.1, 0.15) is 10.6 Å². The second-order valence-corrected chi connectivity index (χ2v) is 10.9. The van der Waals surface area contributed by atoms with Gasteiger partial charge < -0.3 is 10.1 Å². The molecule has 174 valence electrons. The zero-order chi connectivity index (χ0) is 23.3. The highest BCUT2D eigenvalue weighted by Gasteiger charge is 2.29. The zero-order valence-corrected chi connectivity index (χ0v) is 20.2. The fourth-order valence-corrected chi connectivity index (χ4v) is 6.58. The van der Waals surface area contributed by atoms with E-state index in [0.717, 1.165) is 36.1 Å². The van der Waals surface area contributed by atoms with Crippen molar-refractivity contribution in [3.8, 4) is 5.75 Å². The van der Waals surface area contributed by atoms with E-state index in [4.69, 9.17) is 4.74 Å². The molecule has 1 atom stereocenters. The normalized spacial score (nSPS) is 16.0. The Hall–Kier alpha value is -2.68. The molecule has 1 fully saturated rings. The van der Waals surface area contributed by atoms with Gasteiger partial charge in [-0.05, 0) is 48.1 Å². The first-order valence-corrected chi connectivity index (χ1v) is 13.4. The molecule has 1 N–H and O–H groups in total. The topological polar surface area (TPSA) is 75.7 Å². The minimum Gasteiger partial charge on any atom is -0.495 e. The van der Waals surface area contributed by atoms with Gasteiger partial charge in [-0.1, -0.05) is 49.2 Å². The Morgan fingerprint density at radius 1 is 1.00 bits per heavy atom. The number of carbonyl (C=O) groups excluding carboxylic acids is 1. The van der Waals surface area contributed by atoms with Crippen LogP contribution in [0.2, 0.25) is 0 Å². The van der Waals surface area contributed by atoms with Gasteiger partial charge in [0.2, 0.25) is 10.0 Å². The lowest BCUT2D eigenvalue weighted by Crippen LogP contribution is -2.33. The maximum Gasteiger partial charge on any atom is 0.252 e. The zero-order valence-electron chi connectivity index (χ0n) is 18.6. The Balaban J connectivity index is 1.65. The molecule has 1 aromatic heterocycles. The summed E-state index contributed by atoms with van der Waals surface area (Å²) in [5, 5.41) is 5.05. The molecule has 1 unspecified atom stereocenters. The van der Waals surface area contributed by atoms with Crippen molar-refractivity contribution in [3.05, 3.63) is 82.0 Å². The molecule has 1 saturated heterocycles. The van der Waals surface area contributed by atoms with E-state index in [1.807, 2.05) is 47.8 Å². The fourth-order valence-electron chi connectivity index (χ4n) is 4.07. The van der Waals surface area contributed by atoms with E-state index in [2.05, 4.69) is 5.32 Å². The minimum absolute atomic E-state index is 0.0342. The molecule has 1 aliphatic heterocycles. The molecule has 0 spiro atoms. The summed E-state index contributed by atoms with van der Waals surface area (Å²) < 4.78 is 33.8. The van der Waals surface area contributed by atoms with Crippen LogP contribution in [0, 0.1) is 0 Å². The van der Waals surface area contributed by atoms with Crippen molar-refractivity contribution >= 4 is 27.3 Å². The van der Waals surface area contributed by atoms with Crippen molar-refractivity contribution in [2.45, 2.75) is 36.6 Å². The van der Waals surface area contributed by atoms with Gasteiger partial charge in [-0.2, -0.15) is 4.31 Å². The third kappa shape index (κ3) is 5.29. The lowest BCUT2D eigenvalue weighted by Gasteiger charge is -2.22. The molecule has 3 aromatic rings. The number of benzene rings is 2. The molecule has 1 aliphatic rings. The highest BCUT2D eigenvalue weighted by molar-refractivity contribution is 7.89. The van der Waals surface area contributed by atoms with E-state index >= 15 is 0 Å². The number of sulfonamides is 1. The third-order valence-corrected chi connectivity index (χ3v) is 8.70. The summed E-state index contributed by atoms with van der Waals surface area (Å²) in [6.45, 7) is 0.965. The van der Waals surface area contributed by atoms with Crippen LogP contribution >= 0.6 is 11.3 Å². The lowest BCUT2D eigenvalue weighted by molar-refractivity contribution is 0.0943. The van der Waals surface area contributed by atoms with Crippen molar-refractivity contribution in [1.29, 1.82) is 0 Å². The van der Waals surface area contributed by atoms with Crippen molar-refractivity contribution in [2.75, 3.05) is 20.2 Å². The van der Waals surface area contributed by atoms with Crippen molar-refractivity contribution in [3.63, 3.8) is 0 Å². The number of amides is 1. The Labute approximate surface area is 199 Å². The summed E-state index contributed by atoms with van der Waals surface area (Å²) in [7, 11) is -2.33. The number of hydrogen-bond donors (Lipinski definition) is 1. The first-order chi connectivity index (χ1) is 16.0. The Morgan fingerprint density at radius 3 is 2.36 bits per heavy atom. The quantitative estimate of drug-likeness (QED) is 0.521. The van der Waals surface area contributed by atoms with Crippen LogP contribution in [0.15, 0.2) is 70.9 Å². The maximum absolute atomic E-state index is 13.4. The molecule has 8 heteroatoms. The van der Waals surface area contributed by atoms with Crippen LogP contribution in [0.1, 0.15) is 52.5 Å². The van der Waals surface area contributed by atoms with Gasteiger partial charge in [0.15, 0.2) is 0 Å². The van der Waals surface area contributed by atoms with Crippen LogP contribution in [-0.2, 0) is 10.0 Å². The Morgan fingerprint density at radius 2 is 1.73 bits per heavy atom. The van der Waals surface area contributed by atoms with Gasteiger partial charge in [-0.25, -0.2) is 8.42 Å². The number of nitrogens with zero attached hydrogens (tertiary/aromatic N) is 1. The van der Waals surface area contributed by atoms with Crippen LogP contribution in [-0.4, -0.2) is 38.8 Å². The lowest BCUT2D eigenvalue weighted by atomic mass is 10.0. The maximum atomic E-state index is 13.4. The number of rotatable bonds is 7. The number of ether oxygens (including phenoxy) is 1. The molecule has 33 heavy (non-hydrogen) atoms. The highest BCUT2D eigenvalue weighted by Crippen LogP contribution is 2.31. The van der Waals surface area contributed by atoms with E-state index in [-0.39, 0.29) is 28.2 Å². The van der Waals surface area contributed by atoms with Gasteiger partial charge >= 0.3 is 0 Å². The van der Waals surface area contributed by atoms with Crippen molar-refractivity contribution in [1.82, 2.24) is 9.62 Å². The average molecular weight is 485 g/mol. The number of nitrogens with one attached hydrogen (secondary N) is 1. The largest absolute Gasteiger partial charge is 0.495 e. The molecule has 0 saturated carbocycles. The van der Waals surface area contributed by atoms with Gasteiger partial charge in [0.05, 0.1) is 13.2 Å². The molecular formula is C25H28N2O4S2. The first-order valence-electron chi connectivity index (χ1n) is 11.1. The van der Waals surface area contributed by atoms with Gasteiger partial charge in [0.25, 0.3) is 5.91 Å². The highest BCUT2D eigenvalue weighted by atomic mass is 32.2. The van der Waals surface area contributed by atoms with E-state index in [9.17, 15) is 13.2 Å². The fraction of sp³-hybridized carbons (Fsp3) is 0.320. The first kappa shape index (κ1) is 23.5. The van der Waals surface area contributed by atoms with Crippen LogP contribution in [0.3, 0.4) is 0 Å². The molecule has 1 amide bonds. The summed E-state index contributed by atoms with van der Waals surface area (Å²) in [5.74, 6) is -0.0964. The molecule has 0 radical (unpaired) electrons. The monoisotopic (exact) mass is 484 g/mol. The van der Waals surface area contributed by atoms with Crippen molar-refractivity contribution < 1.29 is 17.9 Å². The molecular weight excluding hydrogens is 456 g/mol. The SMILES string of the molecule is COc1ccc(C(=O)NC(c2ccccc2)c2cccs2)cc1S(=O)(=O)N1CCCCCC1. The molecule has 0 aliphatic carbocycles. The molecule has 6 nitrogen and oxygen atoms in total. The third-order valence-electron chi connectivity index (χ3n) is 5.84. The van der Waals surface area contributed by atoms with E-state index in [1.165, 1.54) is 17.5 Å². The van der Waals surface area contributed by atoms with Gasteiger partial charge in [-0.15, -0.1) is 11.3 Å². The molecule has 2 aromatic carbocycles. The number of thiophene rings is 1. The van der Waals surface area contributed by atoms with E-state index in [0.29, 0.717) is 13.1 Å². The number of hydrogen-bond acceptors (Lipinski definition) is 5. The standard InChI is InChI=1S/C25H28N2O4S2/c1-31-21-14-13-20(18-23(21)33(29,30)27-15-7-2-3-8-16-27)25(28)26-24(22-12-9-17-32-22)19-10-5-4-6-11-19/h4-6,9-14,17-18,24H,2-3,7-8,15-16H2,1H3,(H,26,28). The smallest absolute Gasteiger partial charge is 0.252 e. The van der Waals surface area contributed by atoms with Crippen LogP contribution in [0.5, 0.6) is 5.75 Å². The van der Waals surface area contributed by atoms with Gasteiger partial charge in [-0.3, -0.25) is 4.79 Å². The molecule has 4 rings (SSSR count).